The van der Waals surface area contributed by atoms with Crippen molar-refractivity contribution in [3.8, 4) is 0 Å². The minimum Gasteiger partial charge on any atom is -0.376 e. The number of benzene rings is 1. The van der Waals surface area contributed by atoms with Crippen LogP contribution >= 0.6 is 0 Å². The van der Waals surface area contributed by atoms with Gasteiger partial charge in [0.1, 0.15) is 5.52 Å². The Labute approximate surface area is 112 Å². The first-order chi connectivity index (χ1) is 9.33. The molecule has 1 saturated heterocycles. The average molecular weight is 260 g/mol. The van der Waals surface area contributed by atoms with Gasteiger partial charge in [-0.05, 0) is 49.5 Å². The molecule has 0 amide bonds. The maximum Gasteiger partial charge on any atom is 0.113 e. The van der Waals surface area contributed by atoms with Crippen LogP contribution in [0.1, 0.15) is 18.4 Å². The van der Waals surface area contributed by atoms with Crippen LogP contribution in [0.25, 0.3) is 11.0 Å². The van der Waals surface area contributed by atoms with Crippen LogP contribution in [0.2, 0.25) is 0 Å². The van der Waals surface area contributed by atoms with E-state index in [1.807, 2.05) is 7.05 Å². The van der Waals surface area contributed by atoms with Crippen LogP contribution in [0.5, 0.6) is 0 Å². The molecule has 19 heavy (non-hydrogen) atoms. The summed E-state index contributed by atoms with van der Waals surface area (Å²) in [6.45, 7) is 3.77. The second-order valence-electron chi connectivity index (χ2n) is 5.24. The van der Waals surface area contributed by atoms with Crippen LogP contribution in [0.4, 0.5) is 0 Å². The Hall–Kier alpha value is -1.46. The molecule has 1 aliphatic rings. The number of ether oxygens (including phenoxy) is 1. The molecule has 2 heterocycles. The molecule has 1 N–H and O–H groups in total. The summed E-state index contributed by atoms with van der Waals surface area (Å²) >= 11 is 0. The van der Waals surface area contributed by atoms with Crippen molar-refractivity contribution in [1.82, 2.24) is 20.3 Å². The summed E-state index contributed by atoms with van der Waals surface area (Å²) in [5, 5.41) is 11.5. The fourth-order valence-corrected chi connectivity index (χ4v) is 2.57. The molecule has 1 aromatic heterocycles. The van der Waals surface area contributed by atoms with Crippen LogP contribution in [0.3, 0.4) is 0 Å². The molecule has 102 valence electrons. The van der Waals surface area contributed by atoms with Crippen LogP contribution in [-0.4, -0.2) is 34.7 Å². The van der Waals surface area contributed by atoms with E-state index in [2.05, 4.69) is 33.8 Å². The van der Waals surface area contributed by atoms with Crippen molar-refractivity contribution >= 4 is 11.0 Å². The van der Waals surface area contributed by atoms with Gasteiger partial charge in [-0.15, -0.1) is 5.10 Å². The highest BCUT2D eigenvalue weighted by atomic mass is 16.5. The van der Waals surface area contributed by atoms with Gasteiger partial charge in [-0.2, -0.15) is 0 Å². The van der Waals surface area contributed by atoms with Crippen molar-refractivity contribution < 1.29 is 4.74 Å². The minimum atomic E-state index is 0.663. The Morgan fingerprint density at radius 2 is 2.21 bits per heavy atom. The molecule has 0 aliphatic carbocycles. The summed E-state index contributed by atoms with van der Waals surface area (Å²) in [6.07, 6.45) is 2.45. The van der Waals surface area contributed by atoms with Gasteiger partial charge in [0.25, 0.3) is 0 Å². The van der Waals surface area contributed by atoms with Crippen molar-refractivity contribution in [2.45, 2.75) is 19.4 Å². The van der Waals surface area contributed by atoms with Crippen molar-refractivity contribution in [1.29, 1.82) is 0 Å². The number of aryl methyl sites for hydroxylation is 1. The van der Waals surface area contributed by atoms with E-state index >= 15 is 0 Å². The van der Waals surface area contributed by atoms with Gasteiger partial charge in [0.05, 0.1) is 12.1 Å². The van der Waals surface area contributed by atoms with Gasteiger partial charge in [-0.25, -0.2) is 4.68 Å². The Kier molecular flexibility index (Phi) is 3.75. The molecule has 0 bridgehead atoms. The molecule has 5 nitrogen and oxygen atoms in total. The zero-order valence-electron chi connectivity index (χ0n) is 11.3. The standard InChI is InChI=1S/C14H20N4O/c1-18-14-3-2-12(8-13(14)16-17-18)10-19-9-11-4-6-15-7-5-11/h2-3,8,11,15H,4-7,9-10H2,1H3. The predicted octanol–water partition coefficient (Wildman–Crippen LogP) is 1.48. The minimum absolute atomic E-state index is 0.663. The lowest BCUT2D eigenvalue weighted by Gasteiger charge is -2.22. The molecular formula is C14H20N4O. The van der Waals surface area contributed by atoms with E-state index in [0.717, 1.165) is 30.7 Å². The van der Waals surface area contributed by atoms with Crippen molar-refractivity contribution in [2.24, 2.45) is 13.0 Å². The van der Waals surface area contributed by atoms with Crippen LogP contribution in [0, 0.1) is 5.92 Å². The molecule has 3 rings (SSSR count). The molecule has 0 saturated carbocycles. The Bertz CT molecular complexity index is 545. The molecule has 0 unspecified atom stereocenters. The maximum atomic E-state index is 5.83. The van der Waals surface area contributed by atoms with Gasteiger partial charge >= 0.3 is 0 Å². The zero-order chi connectivity index (χ0) is 13.1. The summed E-state index contributed by atoms with van der Waals surface area (Å²) in [4.78, 5) is 0. The maximum absolute atomic E-state index is 5.83. The fraction of sp³-hybridized carbons (Fsp3) is 0.571. The van der Waals surface area contributed by atoms with E-state index in [9.17, 15) is 0 Å². The van der Waals surface area contributed by atoms with Crippen LogP contribution in [-0.2, 0) is 18.4 Å². The Morgan fingerprint density at radius 1 is 1.37 bits per heavy atom. The molecule has 2 aromatic rings. The summed E-state index contributed by atoms with van der Waals surface area (Å²) in [6, 6.07) is 6.21. The van der Waals surface area contributed by atoms with Crippen molar-refractivity contribution in [3.63, 3.8) is 0 Å². The second-order valence-corrected chi connectivity index (χ2v) is 5.24. The molecular weight excluding hydrogens is 240 g/mol. The van der Waals surface area contributed by atoms with Crippen LogP contribution < -0.4 is 5.32 Å². The highest BCUT2D eigenvalue weighted by Gasteiger charge is 2.12. The zero-order valence-corrected chi connectivity index (χ0v) is 11.3. The molecule has 1 aliphatic heterocycles. The molecule has 0 radical (unpaired) electrons. The van der Waals surface area contributed by atoms with Crippen molar-refractivity contribution in [2.75, 3.05) is 19.7 Å². The molecule has 0 spiro atoms. The second kappa shape index (κ2) is 5.67. The van der Waals surface area contributed by atoms with Gasteiger partial charge in [0.2, 0.25) is 0 Å². The normalized spacial score (nSPS) is 17.1. The monoisotopic (exact) mass is 260 g/mol. The lowest BCUT2D eigenvalue weighted by atomic mass is 9.99. The third kappa shape index (κ3) is 2.93. The number of hydrogen-bond donors (Lipinski definition) is 1. The van der Waals surface area contributed by atoms with E-state index in [1.54, 1.807) is 4.68 Å². The van der Waals surface area contributed by atoms with Gasteiger partial charge in [-0.3, -0.25) is 0 Å². The summed E-state index contributed by atoms with van der Waals surface area (Å²) < 4.78 is 7.62. The third-order valence-corrected chi connectivity index (χ3v) is 3.76. The number of hydrogen-bond acceptors (Lipinski definition) is 4. The van der Waals surface area contributed by atoms with E-state index in [0.29, 0.717) is 12.5 Å². The highest BCUT2D eigenvalue weighted by Crippen LogP contribution is 2.15. The largest absolute Gasteiger partial charge is 0.376 e. The van der Waals surface area contributed by atoms with Crippen molar-refractivity contribution in [3.05, 3.63) is 23.8 Å². The number of aromatic nitrogens is 3. The smallest absolute Gasteiger partial charge is 0.113 e. The Morgan fingerprint density at radius 3 is 3.05 bits per heavy atom. The SMILES string of the molecule is Cn1nnc2cc(COCC3CCNCC3)ccc21. The molecule has 1 fully saturated rings. The van der Waals surface area contributed by atoms with E-state index in [-0.39, 0.29) is 0 Å². The molecule has 0 atom stereocenters. The topological polar surface area (TPSA) is 52.0 Å². The quantitative estimate of drug-likeness (QED) is 0.905. The molecule has 5 heteroatoms. The third-order valence-electron chi connectivity index (χ3n) is 3.76. The predicted molar refractivity (Wildman–Crippen MR) is 73.8 cm³/mol. The summed E-state index contributed by atoms with van der Waals surface area (Å²) in [5.74, 6) is 0.710. The number of piperidine rings is 1. The van der Waals surface area contributed by atoms with Gasteiger partial charge in [0, 0.05) is 13.7 Å². The molecule has 1 aromatic carbocycles. The average Bonchev–Trinajstić information content (AvgIpc) is 2.81. The van der Waals surface area contributed by atoms with Gasteiger partial charge in [-0.1, -0.05) is 11.3 Å². The van der Waals surface area contributed by atoms with E-state index < -0.39 is 0 Å². The van der Waals surface area contributed by atoms with Gasteiger partial charge in [0.15, 0.2) is 0 Å². The number of fused-ring (bicyclic) bond motifs is 1. The summed E-state index contributed by atoms with van der Waals surface area (Å²) in [7, 11) is 1.91. The fourth-order valence-electron chi connectivity index (χ4n) is 2.57. The summed E-state index contributed by atoms with van der Waals surface area (Å²) in [5.41, 5.74) is 3.16. The highest BCUT2D eigenvalue weighted by molar-refractivity contribution is 5.74. The lowest BCUT2D eigenvalue weighted by Crippen LogP contribution is -2.29. The van der Waals surface area contributed by atoms with E-state index in [1.165, 1.54) is 18.4 Å². The Balaban J connectivity index is 1.56. The first-order valence-corrected chi connectivity index (χ1v) is 6.90. The number of nitrogens with zero attached hydrogens (tertiary/aromatic N) is 3. The lowest BCUT2D eigenvalue weighted by molar-refractivity contribution is 0.0764. The first kappa shape index (κ1) is 12.6. The van der Waals surface area contributed by atoms with E-state index in [4.69, 9.17) is 4.74 Å². The first-order valence-electron chi connectivity index (χ1n) is 6.90. The van der Waals surface area contributed by atoms with Crippen LogP contribution in [0.15, 0.2) is 18.2 Å². The number of rotatable bonds is 4. The number of nitrogens with one attached hydrogen (secondary N) is 1. The van der Waals surface area contributed by atoms with Gasteiger partial charge < -0.3 is 10.1 Å².